The number of halogens is 4. The molecule has 23 heavy (non-hydrogen) atoms. The van der Waals surface area contributed by atoms with Gasteiger partial charge in [0.05, 0.1) is 6.54 Å². The van der Waals surface area contributed by atoms with Crippen LogP contribution in [-0.2, 0) is 4.75 Å². The van der Waals surface area contributed by atoms with Crippen molar-refractivity contribution in [2.45, 2.75) is 17.8 Å². The van der Waals surface area contributed by atoms with Gasteiger partial charge in [0.1, 0.15) is 0 Å². The fourth-order valence-corrected chi connectivity index (χ4v) is 3.79. The molecule has 0 bridgehead atoms. The number of amides is 2. The molecular weight excluding hydrogens is 349 g/mol. The van der Waals surface area contributed by atoms with E-state index in [1.165, 1.54) is 24.3 Å². The van der Waals surface area contributed by atoms with Crippen LogP contribution >= 0.6 is 23.4 Å². The largest absolute Gasteiger partial charge is 0.409 e. The first-order valence-electron chi connectivity index (χ1n) is 6.92. The Morgan fingerprint density at radius 3 is 2.78 bits per heavy atom. The maximum atomic E-state index is 14.1. The molecule has 1 aromatic carbocycles. The van der Waals surface area contributed by atoms with Crippen molar-refractivity contribution in [1.82, 2.24) is 4.90 Å². The van der Waals surface area contributed by atoms with Crippen molar-refractivity contribution in [3.8, 4) is 0 Å². The number of hydrogen-bond acceptors (Lipinski definition) is 2. The summed E-state index contributed by atoms with van der Waals surface area (Å²) < 4.78 is 40.0. The molecule has 0 aromatic heterocycles. The van der Waals surface area contributed by atoms with Crippen LogP contribution in [0.4, 0.5) is 23.7 Å². The standard InChI is InChI=1S/C15H16ClF3N2OS/c1-3-7-23-14(15(17,18)19)9-21(4-2)13(22)20-12-6-5-10(16)8-11(12)14/h3,5-6,8H,1,4,7,9H2,2H3,(H,20,22)/t14-/m0/s1. The van der Waals surface area contributed by atoms with Gasteiger partial charge in [0.15, 0.2) is 4.75 Å². The van der Waals surface area contributed by atoms with Gasteiger partial charge >= 0.3 is 12.2 Å². The topological polar surface area (TPSA) is 32.3 Å². The first-order valence-corrected chi connectivity index (χ1v) is 8.29. The molecule has 1 aliphatic heterocycles. The summed E-state index contributed by atoms with van der Waals surface area (Å²) in [6.07, 6.45) is -3.15. The van der Waals surface area contributed by atoms with Crippen LogP contribution in [0.25, 0.3) is 0 Å². The summed E-state index contributed by atoms with van der Waals surface area (Å²) in [6, 6.07) is 3.59. The van der Waals surface area contributed by atoms with Gasteiger partial charge in [0.2, 0.25) is 0 Å². The Hall–Kier alpha value is -1.34. The normalized spacial score (nSPS) is 21.4. The van der Waals surface area contributed by atoms with Crippen LogP contribution in [-0.4, -0.2) is 35.9 Å². The van der Waals surface area contributed by atoms with Crippen molar-refractivity contribution in [3.05, 3.63) is 41.4 Å². The first-order chi connectivity index (χ1) is 10.7. The van der Waals surface area contributed by atoms with Gasteiger partial charge in [0.25, 0.3) is 0 Å². The van der Waals surface area contributed by atoms with Gasteiger partial charge in [-0.1, -0.05) is 17.7 Å². The highest BCUT2D eigenvalue weighted by molar-refractivity contribution is 8.00. The molecule has 1 N–H and O–H groups in total. The smallest absolute Gasteiger partial charge is 0.323 e. The zero-order valence-electron chi connectivity index (χ0n) is 12.4. The number of rotatable bonds is 4. The molecule has 0 unspecified atom stereocenters. The van der Waals surface area contributed by atoms with E-state index in [1.807, 2.05) is 0 Å². The van der Waals surface area contributed by atoms with Crippen molar-refractivity contribution < 1.29 is 18.0 Å². The summed E-state index contributed by atoms with van der Waals surface area (Å²) in [6.45, 7) is 4.82. The summed E-state index contributed by atoms with van der Waals surface area (Å²) in [5.74, 6) is 0.0945. The molecule has 126 valence electrons. The molecule has 0 spiro atoms. The average Bonchev–Trinajstić information content (AvgIpc) is 2.59. The molecule has 0 saturated carbocycles. The van der Waals surface area contributed by atoms with Crippen molar-refractivity contribution in [1.29, 1.82) is 0 Å². The van der Waals surface area contributed by atoms with Crippen LogP contribution in [0.1, 0.15) is 12.5 Å². The summed E-state index contributed by atoms with van der Waals surface area (Å²) in [7, 11) is 0. The Morgan fingerprint density at radius 1 is 1.52 bits per heavy atom. The molecule has 0 fully saturated rings. The van der Waals surface area contributed by atoms with E-state index in [2.05, 4.69) is 11.9 Å². The monoisotopic (exact) mass is 364 g/mol. The van der Waals surface area contributed by atoms with E-state index in [-0.39, 0.29) is 28.6 Å². The predicted octanol–water partition coefficient (Wildman–Crippen LogP) is 4.88. The van der Waals surface area contributed by atoms with Gasteiger partial charge < -0.3 is 10.2 Å². The maximum Gasteiger partial charge on any atom is 0.409 e. The van der Waals surface area contributed by atoms with Crippen LogP contribution < -0.4 is 5.32 Å². The number of alkyl halides is 3. The van der Waals surface area contributed by atoms with Gasteiger partial charge in [-0.15, -0.1) is 18.3 Å². The minimum absolute atomic E-state index is 0.0337. The third-order valence-electron chi connectivity index (χ3n) is 3.65. The quantitative estimate of drug-likeness (QED) is 0.772. The number of fused-ring (bicyclic) bond motifs is 1. The van der Waals surface area contributed by atoms with Crippen molar-refractivity contribution in [2.24, 2.45) is 0 Å². The number of urea groups is 1. The fraction of sp³-hybridized carbons (Fsp3) is 0.400. The van der Waals surface area contributed by atoms with E-state index in [0.717, 1.165) is 4.90 Å². The molecule has 1 aliphatic rings. The van der Waals surface area contributed by atoms with Gasteiger partial charge in [-0.05, 0) is 25.1 Å². The van der Waals surface area contributed by atoms with Gasteiger partial charge in [0, 0.05) is 28.6 Å². The molecule has 1 heterocycles. The fourth-order valence-electron chi connectivity index (χ4n) is 2.48. The minimum atomic E-state index is -4.57. The lowest BCUT2D eigenvalue weighted by molar-refractivity contribution is -0.164. The zero-order chi connectivity index (χ0) is 17.3. The molecule has 3 nitrogen and oxygen atoms in total. The highest BCUT2D eigenvalue weighted by Gasteiger charge is 2.59. The van der Waals surface area contributed by atoms with Crippen LogP contribution in [0, 0.1) is 0 Å². The molecule has 0 radical (unpaired) electrons. The number of hydrogen-bond donors (Lipinski definition) is 1. The Labute approximate surface area is 141 Å². The Balaban J connectivity index is 2.71. The molecule has 2 rings (SSSR count). The van der Waals surface area contributed by atoms with E-state index in [4.69, 9.17) is 11.6 Å². The Kier molecular flexibility index (Phi) is 5.20. The molecule has 0 aliphatic carbocycles. The van der Waals surface area contributed by atoms with Crippen molar-refractivity contribution in [3.63, 3.8) is 0 Å². The van der Waals surface area contributed by atoms with Crippen molar-refractivity contribution >= 4 is 35.1 Å². The number of anilines is 1. The number of thioether (sulfide) groups is 1. The van der Waals surface area contributed by atoms with Crippen molar-refractivity contribution in [2.75, 3.05) is 24.2 Å². The van der Waals surface area contributed by atoms with Gasteiger partial charge in [-0.3, -0.25) is 0 Å². The second-order valence-electron chi connectivity index (χ2n) is 5.06. The number of carbonyl (C=O) groups is 1. The van der Waals surface area contributed by atoms with Crippen LogP contribution in [0.5, 0.6) is 0 Å². The van der Waals surface area contributed by atoms with E-state index < -0.39 is 23.5 Å². The number of nitrogens with one attached hydrogen (secondary N) is 1. The lowest BCUT2D eigenvalue weighted by Gasteiger charge is -2.37. The van der Waals surface area contributed by atoms with Crippen LogP contribution in [0.2, 0.25) is 5.02 Å². The molecular formula is C15H16ClF3N2OS. The van der Waals surface area contributed by atoms with E-state index in [1.54, 1.807) is 6.92 Å². The Morgan fingerprint density at radius 2 is 2.22 bits per heavy atom. The summed E-state index contributed by atoms with van der Waals surface area (Å²) in [5.41, 5.74) is 0.0953. The minimum Gasteiger partial charge on any atom is -0.323 e. The molecule has 1 aromatic rings. The lowest BCUT2D eigenvalue weighted by Crippen LogP contribution is -2.49. The number of likely N-dealkylation sites (N-methyl/N-ethyl adjacent to an activating group) is 1. The van der Waals surface area contributed by atoms with E-state index >= 15 is 0 Å². The highest BCUT2D eigenvalue weighted by Crippen LogP contribution is 2.53. The lowest BCUT2D eigenvalue weighted by atomic mass is 9.95. The Bertz CT molecular complexity index is 623. The second-order valence-corrected chi connectivity index (χ2v) is 6.81. The molecule has 1 atom stereocenters. The van der Waals surface area contributed by atoms with E-state index in [0.29, 0.717) is 11.8 Å². The molecule has 8 heteroatoms. The summed E-state index contributed by atoms with van der Waals surface area (Å²) in [5, 5.41) is 2.73. The average molecular weight is 365 g/mol. The number of benzene rings is 1. The third-order valence-corrected chi connectivity index (χ3v) is 5.36. The highest BCUT2D eigenvalue weighted by atomic mass is 35.5. The zero-order valence-corrected chi connectivity index (χ0v) is 14.0. The molecule has 0 saturated heterocycles. The number of carbonyl (C=O) groups excluding carboxylic acids is 1. The second kappa shape index (κ2) is 6.65. The van der Waals surface area contributed by atoms with Crippen LogP contribution in [0.15, 0.2) is 30.9 Å². The SMILES string of the molecule is C=CCS[C@@]1(C(F)(F)F)CN(CC)C(=O)Nc2ccc(Cl)cc21. The van der Waals surface area contributed by atoms with E-state index in [9.17, 15) is 18.0 Å². The number of nitrogens with zero attached hydrogens (tertiary/aromatic N) is 1. The predicted molar refractivity (Wildman–Crippen MR) is 88.1 cm³/mol. The third kappa shape index (κ3) is 3.30. The van der Waals surface area contributed by atoms with Gasteiger partial charge in [-0.25, -0.2) is 4.79 Å². The maximum absolute atomic E-state index is 14.1. The molecule has 2 amide bonds. The summed E-state index contributed by atoms with van der Waals surface area (Å²) in [4.78, 5) is 13.3. The summed E-state index contributed by atoms with van der Waals surface area (Å²) >= 11 is 6.63. The van der Waals surface area contributed by atoms with Crippen LogP contribution in [0.3, 0.4) is 0 Å². The van der Waals surface area contributed by atoms with Gasteiger partial charge in [-0.2, -0.15) is 13.2 Å². The first kappa shape index (κ1) is 18.0.